The van der Waals surface area contributed by atoms with Gasteiger partial charge in [-0.2, -0.15) is 0 Å². The van der Waals surface area contributed by atoms with Gasteiger partial charge in [0.05, 0.1) is 6.42 Å². The highest BCUT2D eigenvalue weighted by molar-refractivity contribution is 6.14. The Balaban J connectivity index is 1.37. The van der Waals surface area contributed by atoms with Crippen LogP contribution in [0.1, 0.15) is 24.8 Å². The van der Waals surface area contributed by atoms with Gasteiger partial charge in [0.25, 0.3) is 23.6 Å². The van der Waals surface area contributed by atoms with Crippen LogP contribution >= 0.6 is 0 Å². The zero-order valence-electron chi connectivity index (χ0n) is 18.9. The number of fused-ring (bicyclic) bond motifs is 1. The lowest BCUT2D eigenvalue weighted by molar-refractivity contribution is -0.142. The summed E-state index contributed by atoms with van der Waals surface area (Å²) in [5.74, 6) is -2.48. The van der Waals surface area contributed by atoms with Gasteiger partial charge in [-0.15, -0.1) is 0 Å². The van der Waals surface area contributed by atoms with E-state index < -0.39 is 53.3 Å². The second-order valence-corrected chi connectivity index (χ2v) is 8.99. The number of hydrogen-bond acceptors (Lipinski definition) is 8. The molecule has 2 aromatic rings. The topological polar surface area (TPSA) is 154 Å². The van der Waals surface area contributed by atoms with Crippen LogP contribution in [0.15, 0.2) is 57.8 Å². The molecule has 1 unspecified atom stereocenters. The van der Waals surface area contributed by atoms with Crippen LogP contribution in [0.4, 0.5) is 0 Å². The van der Waals surface area contributed by atoms with Crippen molar-refractivity contribution in [3.05, 3.63) is 64.6 Å². The molecular formula is C25H21N3O8. The average molecular weight is 491 g/mol. The second-order valence-electron chi connectivity index (χ2n) is 8.99. The van der Waals surface area contributed by atoms with Crippen LogP contribution in [-0.4, -0.2) is 62.6 Å². The fourth-order valence-corrected chi connectivity index (χ4v) is 5.16. The van der Waals surface area contributed by atoms with Gasteiger partial charge >= 0.3 is 5.63 Å². The lowest BCUT2D eigenvalue weighted by atomic mass is 9.85. The summed E-state index contributed by atoms with van der Waals surface area (Å²) in [5, 5.41) is 13.0. The molecule has 1 aliphatic carbocycles. The number of phenolic OH excluding ortho intramolecular Hbond substituents is 1. The number of carbonyl (C=O) groups is 5. The summed E-state index contributed by atoms with van der Waals surface area (Å²) in [5.41, 5.74) is -0.142. The van der Waals surface area contributed by atoms with Crippen molar-refractivity contribution < 1.29 is 33.5 Å². The molecule has 5 rings (SSSR count). The number of nitrogens with one attached hydrogen (secondary N) is 1. The Morgan fingerprint density at radius 3 is 1.97 bits per heavy atom. The minimum absolute atomic E-state index is 0.0902. The Hall–Kier alpha value is -4.54. The maximum atomic E-state index is 13.0. The maximum absolute atomic E-state index is 13.0. The molecule has 11 heteroatoms. The van der Waals surface area contributed by atoms with Crippen molar-refractivity contribution >= 4 is 40.5 Å². The molecule has 1 saturated carbocycles. The molecule has 36 heavy (non-hydrogen) atoms. The Kier molecular flexibility index (Phi) is 5.75. The van der Waals surface area contributed by atoms with Crippen molar-refractivity contribution in [2.75, 3.05) is 0 Å². The number of carbonyl (C=O) groups excluding carboxylic acids is 5. The van der Waals surface area contributed by atoms with E-state index in [4.69, 9.17) is 4.42 Å². The van der Waals surface area contributed by atoms with Gasteiger partial charge in [0.1, 0.15) is 11.3 Å². The van der Waals surface area contributed by atoms with Crippen molar-refractivity contribution in [1.29, 1.82) is 0 Å². The average Bonchev–Trinajstić information content (AvgIpc) is 3.32. The molecule has 5 amide bonds. The molecule has 11 nitrogen and oxygen atoms in total. The standard InChI is InChI=1S/C25H21N3O8/c29-17-1-2-18-13(8-25(35)36-19(18)12-17)7-20(30)26-14-9-15(27-21(31)3-4-22(27)32)11-16(10-14)28-23(33)5-6-24(28)34/h1-6,8,12,14-16,29H,7,9-11H2,(H,26,30)/t14?,15-,16+. The van der Waals surface area contributed by atoms with E-state index in [2.05, 4.69) is 5.32 Å². The van der Waals surface area contributed by atoms with Crippen LogP contribution in [0.25, 0.3) is 11.0 Å². The zero-order valence-corrected chi connectivity index (χ0v) is 18.9. The van der Waals surface area contributed by atoms with Gasteiger partial charge in [-0.05, 0) is 37.0 Å². The van der Waals surface area contributed by atoms with Gasteiger partial charge in [-0.3, -0.25) is 33.8 Å². The van der Waals surface area contributed by atoms with Crippen molar-refractivity contribution in [3.63, 3.8) is 0 Å². The third-order valence-electron chi connectivity index (χ3n) is 6.60. The molecule has 0 bridgehead atoms. The van der Waals surface area contributed by atoms with E-state index in [0.717, 1.165) is 34.1 Å². The molecule has 184 valence electrons. The number of phenols is 1. The number of hydrogen-bond donors (Lipinski definition) is 2. The van der Waals surface area contributed by atoms with E-state index in [1.165, 1.54) is 24.3 Å². The molecule has 0 spiro atoms. The molecule has 3 heterocycles. The third-order valence-corrected chi connectivity index (χ3v) is 6.60. The number of imide groups is 2. The molecule has 0 radical (unpaired) electrons. The lowest BCUT2D eigenvalue weighted by Gasteiger charge is -2.41. The highest BCUT2D eigenvalue weighted by Gasteiger charge is 2.43. The summed E-state index contributed by atoms with van der Waals surface area (Å²) < 4.78 is 5.10. The Labute approximate surface area is 203 Å². The molecular weight excluding hydrogens is 470 g/mol. The number of nitrogens with zero attached hydrogens (tertiary/aromatic N) is 2. The highest BCUT2D eigenvalue weighted by atomic mass is 16.4. The van der Waals surface area contributed by atoms with E-state index in [9.17, 15) is 33.9 Å². The predicted molar refractivity (Wildman–Crippen MR) is 123 cm³/mol. The summed E-state index contributed by atoms with van der Waals surface area (Å²) in [6.45, 7) is 0. The predicted octanol–water partition coefficient (Wildman–Crippen LogP) is 0.297. The number of amides is 5. The monoisotopic (exact) mass is 491 g/mol. The SMILES string of the molecule is O=C(Cc1cc(=O)oc2cc(O)ccc12)NC1C[C@@H](N2C(=O)C=CC2=O)C[C@@H](N2C(=O)C=CC2=O)C1. The van der Waals surface area contributed by atoms with Crippen LogP contribution in [0, 0.1) is 0 Å². The van der Waals surface area contributed by atoms with Gasteiger partial charge in [0.15, 0.2) is 0 Å². The quantitative estimate of drug-likeness (QED) is 0.447. The van der Waals surface area contributed by atoms with E-state index in [1.807, 2.05) is 0 Å². The van der Waals surface area contributed by atoms with E-state index in [1.54, 1.807) is 0 Å². The molecule has 1 fully saturated rings. The molecule has 1 aromatic heterocycles. The van der Waals surface area contributed by atoms with Gasteiger partial charge in [0.2, 0.25) is 5.91 Å². The van der Waals surface area contributed by atoms with Gasteiger partial charge in [-0.1, -0.05) is 0 Å². The summed E-state index contributed by atoms with van der Waals surface area (Å²) in [7, 11) is 0. The third kappa shape index (κ3) is 4.30. The molecule has 3 aliphatic rings. The smallest absolute Gasteiger partial charge is 0.336 e. The normalized spacial score (nSPS) is 23.8. The molecule has 2 N–H and O–H groups in total. The first-order chi connectivity index (χ1) is 17.2. The van der Waals surface area contributed by atoms with Crippen molar-refractivity contribution in [2.24, 2.45) is 0 Å². The molecule has 3 atom stereocenters. The van der Waals surface area contributed by atoms with Crippen molar-refractivity contribution in [1.82, 2.24) is 15.1 Å². The fourth-order valence-electron chi connectivity index (χ4n) is 5.16. The zero-order chi connectivity index (χ0) is 25.6. The number of benzene rings is 1. The summed E-state index contributed by atoms with van der Waals surface area (Å²) in [6.07, 6.45) is 5.18. The van der Waals surface area contributed by atoms with Crippen molar-refractivity contribution in [2.45, 2.75) is 43.8 Å². The first-order valence-corrected chi connectivity index (χ1v) is 11.3. The Morgan fingerprint density at radius 2 is 1.42 bits per heavy atom. The summed E-state index contributed by atoms with van der Waals surface area (Å²) >= 11 is 0. The fraction of sp³-hybridized carbons (Fsp3) is 0.280. The Morgan fingerprint density at radius 1 is 0.861 bits per heavy atom. The largest absolute Gasteiger partial charge is 0.508 e. The summed E-state index contributed by atoms with van der Waals surface area (Å²) in [6, 6.07) is 3.63. The number of rotatable bonds is 5. The van der Waals surface area contributed by atoms with Gasteiger partial charge in [0, 0.05) is 59.9 Å². The summed E-state index contributed by atoms with van der Waals surface area (Å²) in [4.78, 5) is 76.4. The minimum Gasteiger partial charge on any atom is -0.508 e. The van der Waals surface area contributed by atoms with Gasteiger partial charge in [-0.25, -0.2) is 4.79 Å². The highest BCUT2D eigenvalue weighted by Crippen LogP contribution is 2.31. The van der Waals surface area contributed by atoms with Crippen LogP contribution in [0.3, 0.4) is 0 Å². The maximum Gasteiger partial charge on any atom is 0.336 e. The molecule has 0 saturated heterocycles. The first kappa shape index (κ1) is 23.2. The van der Waals surface area contributed by atoms with E-state index in [-0.39, 0.29) is 37.0 Å². The van der Waals surface area contributed by atoms with Crippen LogP contribution < -0.4 is 10.9 Å². The van der Waals surface area contributed by atoms with E-state index in [0.29, 0.717) is 10.9 Å². The lowest BCUT2D eigenvalue weighted by Crippen LogP contribution is -2.56. The van der Waals surface area contributed by atoms with Gasteiger partial charge < -0.3 is 14.8 Å². The Bertz CT molecular complexity index is 1350. The second kappa shape index (κ2) is 8.91. The van der Waals surface area contributed by atoms with Crippen LogP contribution in [-0.2, 0) is 30.4 Å². The molecule has 2 aliphatic heterocycles. The first-order valence-electron chi connectivity index (χ1n) is 11.3. The van der Waals surface area contributed by atoms with E-state index >= 15 is 0 Å². The van der Waals surface area contributed by atoms with Crippen molar-refractivity contribution in [3.8, 4) is 5.75 Å². The van der Waals surface area contributed by atoms with Crippen LogP contribution in [0.2, 0.25) is 0 Å². The minimum atomic E-state index is -0.675. The molecule has 1 aromatic carbocycles. The van der Waals surface area contributed by atoms with Crippen LogP contribution in [0.5, 0.6) is 5.75 Å². The number of aromatic hydroxyl groups is 1.